The van der Waals surface area contributed by atoms with Crippen LogP contribution in [0.15, 0.2) is 29.8 Å². The molecule has 0 aliphatic rings. The van der Waals surface area contributed by atoms with Gasteiger partial charge in [-0.25, -0.2) is 9.97 Å². The first-order valence-corrected chi connectivity index (χ1v) is 6.03. The van der Waals surface area contributed by atoms with E-state index < -0.39 is 0 Å². The lowest BCUT2D eigenvalue weighted by atomic mass is 10.3. The molecule has 0 unspecified atom stereocenters. The highest BCUT2D eigenvalue weighted by Crippen LogP contribution is 2.17. The molecular formula is C12H11N3S. The Hall–Kier alpha value is -1.68. The van der Waals surface area contributed by atoms with Crippen molar-refractivity contribution in [1.82, 2.24) is 15.0 Å². The second-order valence-electron chi connectivity index (χ2n) is 3.76. The SMILES string of the molecule is Cc1ccnc2[nH]c(Cc3cccs3)nc12. The van der Waals surface area contributed by atoms with E-state index >= 15 is 0 Å². The third kappa shape index (κ3) is 1.61. The lowest BCUT2D eigenvalue weighted by Crippen LogP contribution is -1.86. The fraction of sp³-hybridized carbons (Fsp3) is 0.167. The van der Waals surface area contributed by atoms with Crippen LogP contribution in [0.25, 0.3) is 11.2 Å². The number of pyridine rings is 1. The summed E-state index contributed by atoms with van der Waals surface area (Å²) in [7, 11) is 0. The van der Waals surface area contributed by atoms with Gasteiger partial charge in [-0.05, 0) is 30.0 Å². The van der Waals surface area contributed by atoms with E-state index in [1.165, 1.54) is 10.4 Å². The van der Waals surface area contributed by atoms with Crippen molar-refractivity contribution in [3.05, 3.63) is 46.0 Å². The summed E-state index contributed by atoms with van der Waals surface area (Å²) in [5.41, 5.74) is 3.03. The molecule has 1 N–H and O–H groups in total. The molecule has 3 aromatic heterocycles. The number of nitrogens with zero attached hydrogens (tertiary/aromatic N) is 2. The second-order valence-corrected chi connectivity index (χ2v) is 4.80. The standard InChI is InChI=1S/C12H11N3S/c1-8-4-5-13-12-11(8)14-10(15-12)7-9-3-2-6-16-9/h2-6H,7H2,1H3,(H,13,14,15). The molecule has 0 bridgehead atoms. The molecule has 0 atom stereocenters. The zero-order valence-electron chi connectivity index (χ0n) is 8.90. The van der Waals surface area contributed by atoms with E-state index in [1.807, 2.05) is 12.3 Å². The van der Waals surface area contributed by atoms with Crippen LogP contribution in [-0.2, 0) is 6.42 Å². The zero-order valence-corrected chi connectivity index (χ0v) is 9.71. The lowest BCUT2D eigenvalue weighted by molar-refractivity contribution is 1.05. The van der Waals surface area contributed by atoms with Gasteiger partial charge in [-0.3, -0.25) is 0 Å². The second kappa shape index (κ2) is 3.72. The largest absolute Gasteiger partial charge is 0.326 e. The summed E-state index contributed by atoms with van der Waals surface area (Å²) in [5, 5.41) is 2.08. The summed E-state index contributed by atoms with van der Waals surface area (Å²) < 4.78 is 0. The highest BCUT2D eigenvalue weighted by atomic mass is 32.1. The highest BCUT2D eigenvalue weighted by Gasteiger charge is 2.06. The maximum atomic E-state index is 4.58. The van der Waals surface area contributed by atoms with Crippen LogP contribution in [-0.4, -0.2) is 15.0 Å². The molecule has 3 heterocycles. The van der Waals surface area contributed by atoms with E-state index in [0.29, 0.717) is 0 Å². The van der Waals surface area contributed by atoms with Crippen LogP contribution in [0.3, 0.4) is 0 Å². The summed E-state index contributed by atoms with van der Waals surface area (Å²) in [5.74, 6) is 0.985. The molecule has 0 aliphatic heterocycles. The summed E-state index contributed by atoms with van der Waals surface area (Å²) >= 11 is 1.75. The highest BCUT2D eigenvalue weighted by molar-refractivity contribution is 7.09. The minimum Gasteiger partial charge on any atom is -0.326 e. The zero-order chi connectivity index (χ0) is 11.0. The van der Waals surface area contributed by atoms with Crippen LogP contribution in [0.1, 0.15) is 16.3 Å². The first kappa shape index (κ1) is 9.54. The van der Waals surface area contributed by atoms with Crippen molar-refractivity contribution in [1.29, 1.82) is 0 Å². The van der Waals surface area contributed by atoms with E-state index in [0.717, 1.165) is 23.4 Å². The Morgan fingerprint density at radius 1 is 1.38 bits per heavy atom. The molecule has 3 aromatic rings. The number of nitrogens with one attached hydrogen (secondary N) is 1. The fourth-order valence-electron chi connectivity index (χ4n) is 1.74. The van der Waals surface area contributed by atoms with Crippen molar-refractivity contribution in [2.24, 2.45) is 0 Å². The molecule has 80 valence electrons. The van der Waals surface area contributed by atoms with Gasteiger partial charge in [-0.1, -0.05) is 6.07 Å². The average Bonchev–Trinajstić information content (AvgIpc) is 2.88. The molecular weight excluding hydrogens is 218 g/mol. The Balaban J connectivity index is 2.02. The minimum atomic E-state index is 0.855. The van der Waals surface area contributed by atoms with Gasteiger partial charge in [0.1, 0.15) is 11.3 Å². The van der Waals surface area contributed by atoms with Gasteiger partial charge in [0.15, 0.2) is 5.65 Å². The molecule has 0 fully saturated rings. The van der Waals surface area contributed by atoms with E-state index in [4.69, 9.17) is 0 Å². The quantitative estimate of drug-likeness (QED) is 0.734. The smallest absolute Gasteiger partial charge is 0.157 e. The van der Waals surface area contributed by atoms with Gasteiger partial charge in [0.05, 0.1) is 0 Å². The van der Waals surface area contributed by atoms with Crippen LogP contribution in [0.5, 0.6) is 0 Å². The van der Waals surface area contributed by atoms with Crippen molar-refractivity contribution in [2.45, 2.75) is 13.3 Å². The van der Waals surface area contributed by atoms with Crippen molar-refractivity contribution >= 4 is 22.5 Å². The van der Waals surface area contributed by atoms with Gasteiger partial charge < -0.3 is 4.98 Å². The Kier molecular flexibility index (Phi) is 2.22. The maximum Gasteiger partial charge on any atom is 0.157 e. The number of rotatable bonds is 2. The molecule has 3 nitrogen and oxygen atoms in total. The maximum absolute atomic E-state index is 4.58. The van der Waals surface area contributed by atoms with Crippen LogP contribution in [0.2, 0.25) is 0 Å². The molecule has 0 spiro atoms. The number of aryl methyl sites for hydroxylation is 1. The summed E-state index contributed by atoms with van der Waals surface area (Å²) in [4.78, 5) is 13.4. The van der Waals surface area contributed by atoms with Gasteiger partial charge in [-0.15, -0.1) is 11.3 Å². The number of hydrogen-bond acceptors (Lipinski definition) is 3. The monoisotopic (exact) mass is 229 g/mol. The molecule has 0 aromatic carbocycles. The molecule has 3 rings (SSSR count). The first-order chi connectivity index (χ1) is 7.83. The van der Waals surface area contributed by atoms with Gasteiger partial charge in [-0.2, -0.15) is 0 Å². The molecule has 0 radical (unpaired) electrons. The average molecular weight is 229 g/mol. The van der Waals surface area contributed by atoms with Gasteiger partial charge >= 0.3 is 0 Å². The van der Waals surface area contributed by atoms with Crippen LogP contribution >= 0.6 is 11.3 Å². The molecule has 16 heavy (non-hydrogen) atoms. The Labute approximate surface area is 97.2 Å². The molecule has 0 amide bonds. The Bertz CT molecular complexity index is 610. The first-order valence-electron chi connectivity index (χ1n) is 5.15. The van der Waals surface area contributed by atoms with E-state index in [1.54, 1.807) is 11.3 Å². The van der Waals surface area contributed by atoms with E-state index in [-0.39, 0.29) is 0 Å². The summed E-state index contributed by atoms with van der Waals surface area (Å²) in [6.45, 7) is 2.06. The molecule has 4 heteroatoms. The Morgan fingerprint density at radius 3 is 3.06 bits per heavy atom. The fourth-order valence-corrected chi connectivity index (χ4v) is 2.45. The normalized spacial score (nSPS) is 11.1. The minimum absolute atomic E-state index is 0.855. The third-order valence-corrected chi connectivity index (χ3v) is 3.43. The molecule has 0 saturated carbocycles. The molecule has 0 aliphatic carbocycles. The van der Waals surface area contributed by atoms with Crippen LogP contribution in [0.4, 0.5) is 0 Å². The van der Waals surface area contributed by atoms with Crippen molar-refractivity contribution < 1.29 is 0 Å². The predicted molar refractivity (Wildman–Crippen MR) is 65.8 cm³/mol. The van der Waals surface area contributed by atoms with E-state index in [9.17, 15) is 0 Å². The summed E-state index contributed by atoms with van der Waals surface area (Å²) in [6, 6.07) is 6.17. The van der Waals surface area contributed by atoms with Gasteiger partial charge in [0.2, 0.25) is 0 Å². The van der Waals surface area contributed by atoms with Crippen molar-refractivity contribution in [3.63, 3.8) is 0 Å². The topological polar surface area (TPSA) is 41.6 Å². The number of fused-ring (bicyclic) bond motifs is 1. The van der Waals surface area contributed by atoms with Crippen LogP contribution in [0, 0.1) is 6.92 Å². The van der Waals surface area contributed by atoms with E-state index in [2.05, 4.69) is 39.4 Å². The van der Waals surface area contributed by atoms with Crippen molar-refractivity contribution in [2.75, 3.05) is 0 Å². The number of aromatic amines is 1. The molecule has 0 saturated heterocycles. The van der Waals surface area contributed by atoms with Gasteiger partial charge in [0, 0.05) is 17.5 Å². The number of aromatic nitrogens is 3. The van der Waals surface area contributed by atoms with Gasteiger partial charge in [0.25, 0.3) is 0 Å². The summed E-state index contributed by atoms with van der Waals surface area (Å²) in [6.07, 6.45) is 2.66. The number of thiophene rings is 1. The van der Waals surface area contributed by atoms with Crippen LogP contribution < -0.4 is 0 Å². The Morgan fingerprint density at radius 2 is 2.31 bits per heavy atom. The van der Waals surface area contributed by atoms with Crippen molar-refractivity contribution in [3.8, 4) is 0 Å². The lowest BCUT2D eigenvalue weighted by Gasteiger charge is -1.90. The number of imidazole rings is 1. The predicted octanol–water partition coefficient (Wildman–Crippen LogP) is 2.92. The third-order valence-electron chi connectivity index (χ3n) is 2.56. The number of hydrogen-bond donors (Lipinski definition) is 1. The number of H-pyrrole nitrogens is 1.